The highest BCUT2D eigenvalue weighted by atomic mass is 16.5. The van der Waals surface area contributed by atoms with Crippen LogP contribution in [0.5, 0.6) is 0 Å². The summed E-state index contributed by atoms with van der Waals surface area (Å²) in [4.78, 5) is 5.03. The highest BCUT2D eigenvalue weighted by molar-refractivity contribution is 5.05. The lowest BCUT2D eigenvalue weighted by molar-refractivity contribution is 0.0562. The van der Waals surface area contributed by atoms with Crippen LogP contribution in [0.25, 0.3) is 0 Å². The highest BCUT2D eigenvalue weighted by Gasteiger charge is 2.31. The molecule has 0 spiro atoms. The minimum absolute atomic E-state index is 0.516. The zero-order valence-corrected chi connectivity index (χ0v) is 12.0. The number of likely N-dealkylation sites (N-methyl/N-ethyl adjacent to an activating group) is 1. The third-order valence-corrected chi connectivity index (χ3v) is 4.16. The standard InChI is InChI=1S/C14H24N4O/c1-3-18-8-12(4-15-18)6-17-7-13-5-16(2)9-14(17)11-19-10-13/h4,8,13-14H,3,5-7,9-11H2,1-2H3/t13-,14-/m0/s1. The molecule has 2 aliphatic rings. The van der Waals surface area contributed by atoms with Crippen LogP contribution in [0.4, 0.5) is 0 Å². The molecule has 2 saturated heterocycles. The smallest absolute Gasteiger partial charge is 0.0634 e. The Hall–Kier alpha value is -0.910. The Labute approximate surface area is 115 Å². The third kappa shape index (κ3) is 2.99. The molecule has 2 atom stereocenters. The van der Waals surface area contributed by atoms with Crippen LogP contribution in [-0.4, -0.2) is 65.5 Å². The van der Waals surface area contributed by atoms with Crippen LogP contribution in [0.3, 0.4) is 0 Å². The van der Waals surface area contributed by atoms with E-state index in [1.165, 1.54) is 5.56 Å². The van der Waals surface area contributed by atoms with Crippen LogP contribution in [-0.2, 0) is 17.8 Å². The van der Waals surface area contributed by atoms with Gasteiger partial charge in [-0.3, -0.25) is 9.58 Å². The molecule has 2 bridgehead atoms. The Bertz CT molecular complexity index is 419. The number of hydrogen-bond acceptors (Lipinski definition) is 4. The first-order valence-electron chi connectivity index (χ1n) is 7.26. The van der Waals surface area contributed by atoms with Crippen LogP contribution < -0.4 is 0 Å². The van der Waals surface area contributed by atoms with Gasteiger partial charge >= 0.3 is 0 Å². The predicted octanol–water partition coefficient (Wildman–Crippen LogP) is 0.665. The van der Waals surface area contributed by atoms with Gasteiger partial charge in [-0.05, 0) is 14.0 Å². The molecule has 2 fully saturated rings. The molecule has 3 rings (SSSR count). The van der Waals surface area contributed by atoms with E-state index in [1.54, 1.807) is 0 Å². The molecular formula is C14H24N4O. The van der Waals surface area contributed by atoms with Crippen LogP contribution in [0.15, 0.2) is 12.4 Å². The normalized spacial score (nSPS) is 29.4. The molecule has 5 nitrogen and oxygen atoms in total. The molecule has 0 amide bonds. The number of aryl methyl sites for hydroxylation is 1. The van der Waals surface area contributed by atoms with Crippen molar-refractivity contribution >= 4 is 0 Å². The Morgan fingerprint density at radius 3 is 3.00 bits per heavy atom. The van der Waals surface area contributed by atoms with E-state index in [0.717, 1.165) is 45.9 Å². The maximum Gasteiger partial charge on any atom is 0.0634 e. The summed E-state index contributed by atoms with van der Waals surface area (Å²) in [7, 11) is 2.23. The maximum absolute atomic E-state index is 5.81. The van der Waals surface area contributed by atoms with Crippen LogP contribution in [0.1, 0.15) is 12.5 Å². The molecular weight excluding hydrogens is 240 g/mol. The Balaban J connectivity index is 1.72. The van der Waals surface area contributed by atoms with Crippen molar-refractivity contribution in [2.24, 2.45) is 5.92 Å². The second-order valence-corrected chi connectivity index (χ2v) is 5.91. The van der Waals surface area contributed by atoms with Gasteiger partial charge < -0.3 is 9.64 Å². The van der Waals surface area contributed by atoms with Crippen LogP contribution in [0, 0.1) is 5.92 Å². The van der Waals surface area contributed by atoms with Crippen molar-refractivity contribution in [3.8, 4) is 0 Å². The van der Waals surface area contributed by atoms with Crippen molar-refractivity contribution in [3.05, 3.63) is 18.0 Å². The van der Waals surface area contributed by atoms with E-state index in [4.69, 9.17) is 4.74 Å². The summed E-state index contributed by atoms with van der Waals surface area (Å²) in [5.74, 6) is 0.638. The second-order valence-electron chi connectivity index (χ2n) is 5.91. The molecule has 0 unspecified atom stereocenters. The van der Waals surface area contributed by atoms with Gasteiger partial charge in [0, 0.05) is 56.4 Å². The number of aromatic nitrogens is 2. The van der Waals surface area contributed by atoms with Gasteiger partial charge in [0.1, 0.15) is 0 Å². The predicted molar refractivity (Wildman–Crippen MR) is 73.9 cm³/mol. The van der Waals surface area contributed by atoms with Gasteiger partial charge in [0.25, 0.3) is 0 Å². The lowest BCUT2D eigenvalue weighted by Gasteiger charge is -2.29. The van der Waals surface area contributed by atoms with Crippen molar-refractivity contribution in [2.75, 3.05) is 39.9 Å². The summed E-state index contributed by atoms with van der Waals surface area (Å²) in [6.45, 7) is 9.25. The lowest BCUT2D eigenvalue weighted by Crippen LogP contribution is -2.42. The summed E-state index contributed by atoms with van der Waals surface area (Å²) >= 11 is 0. The Morgan fingerprint density at radius 2 is 2.21 bits per heavy atom. The topological polar surface area (TPSA) is 33.5 Å². The van der Waals surface area contributed by atoms with E-state index in [9.17, 15) is 0 Å². The third-order valence-electron chi connectivity index (χ3n) is 4.16. The molecule has 0 saturated carbocycles. The van der Waals surface area contributed by atoms with Crippen molar-refractivity contribution in [1.29, 1.82) is 0 Å². The van der Waals surface area contributed by atoms with Gasteiger partial charge in [0.15, 0.2) is 0 Å². The van der Waals surface area contributed by atoms with E-state index < -0.39 is 0 Å². The second kappa shape index (κ2) is 5.61. The number of nitrogens with zero attached hydrogens (tertiary/aromatic N) is 4. The molecule has 3 heterocycles. The van der Waals surface area contributed by atoms with Crippen LogP contribution in [0.2, 0.25) is 0 Å². The Morgan fingerprint density at radius 1 is 1.32 bits per heavy atom. The molecule has 0 aromatic carbocycles. The molecule has 0 aliphatic carbocycles. The SMILES string of the molecule is CCn1cc(CN2C[C@H]3COC[C@@H]2CN(C)C3)cn1. The van der Waals surface area contributed by atoms with Gasteiger partial charge in [-0.2, -0.15) is 5.10 Å². The average Bonchev–Trinajstić information content (AvgIpc) is 2.67. The minimum Gasteiger partial charge on any atom is -0.379 e. The van der Waals surface area contributed by atoms with E-state index in [0.29, 0.717) is 12.0 Å². The van der Waals surface area contributed by atoms with E-state index in [-0.39, 0.29) is 0 Å². The summed E-state index contributed by atoms with van der Waals surface area (Å²) in [5, 5.41) is 4.37. The molecule has 1 aromatic rings. The fraction of sp³-hybridized carbons (Fsp3) is 0.786. The van der Waals surface area contributed by atoms with E-state index in [2.05, 4.69) is 35.1 Å². The summed E-state index contributed by atoms with van der Waals surface area (Å²) in [6.07, 6.45) is 4.17. The number of ether oxygens (including phenoxy) is 1. The van der Waals surface area contributed by atoms with E-state index in [1.807, 2.05) is 10.9 Å². The van der Waals surface area contributed by atoms with Crippen molar-refractivity contribution in [1.82, 2.24) is 19.6 Å². The molecule has 2 aliphatic heterocycles. The van der Waals surface area contributed by atoms with Gasteiger partial charge in [-0.1, -0.05) is 0 Å². The zero-order valence-electron chi connectivity index (χ0n) is 12.0. The lowest BCUT2D eigenvalue weighted by atomic mass is 10.1. The van der Waals surface area contributed by atoms with Gasteiger partial charge in [-0.25, -0.2) is 0 Å². The van der Waals surface area contributed by atoms with Crippen molar-refractivity contribution in [3.63, 3.8) is 0 Å². The molecule has 5 heteroatoms. The molecule has 1 aromatic heterocycles. The summed E-state index contributed by atoms with van der Waals surface area (Å²) in [5.41, 5.74) is 1.32. The quantitative estimate of drug-likeness (QED) is 0.803. The first-order valence-corrected chi connectivity index (χ1v) is 7.26. The van der Waals surface area contributed by atoms with Gasteiger partial charge in [0.2, 0.25) is 0 Å². The van der Waals surface area contributed by atoms with Crippen molar-refractivity contribution in [2.45, 2.75) is 26.1 Å². The molecule has 106 valence electrons. The van der Waals surface area contributed by atoms with Gasteiger partial charge in [-0.15, -0.1) is 0 Å². The van der Waals surface area contributed by atoms with Crippen molar-refractivity contribution < 1.29 is 4.74 Å². The average molecular weight is 264 g/mol. The van der Waals surface area contributed by atoms with Gasteiger partial charge in [0.05, 0.1) is 19.4 Å². The Kier molecular flexibility index (Phi) is 3.86. The monoisotopic (exact) mass is 264 g/mol. The maximum atomic E-state index is 5.81. The number of rotatable bonds is 3. The van der Waals surface area contributed by atoms with E-state index >= 15 is 0 Å². The largest absolute Gasteiger partial charge is 0.379 e. The number of hydrogen-bond donors (Lipinski definition) is 0. The summed E-state index contributed by atoms with van der Waals surface area (Å²) in [6, 6.07) is 0.516. The minimum atomic E-state index is 0.516. The first-order chi connectivity index (χ1) is 9.24. The number of fused-ring (bicyclic) bond motifs is 3. The molecule has 0 radical (unpaired) electrons. The summed E-state index contributed by atoms with van der Waals surface area (Å²) < 4.78 is 7.82. The molecule has 19 heavy (non-hydrogen) atoms. The highest BCUT2D eigenvalue weighted by Crippen LogP contribution is 2.20. The first kappa shape index (κ1) is 13.1. The van der Waals surface area contributed by atoms with Crippen LogP contribution >= 0.6 is 0 Å². The molecule has 0 N–H and O–H groups in total. The fourth-order valence-electron chi connectivity index (χ4n) is 3.25. The zero-order chi connectivity index (χ0) is 13.2. The fourth-order valence-corrected chi connectivity index (χ4v) is 3.25.